The van der Waals surface area contributed by atoms with Gasteiger partial charge in [0.1, 0.15) is 23.7 Å². The van der Waals surface area contributed by atoms with E-state index in [4.69, 9.17) is 16.3 Å². The number of benzene rings is 3. The zero-order valence-electron chi connectivity index (χ0n) is 17.1. The minimum Gasteiger partial charge on any atom is -0.495 e. The van der Waals surface area contributed by atoms with Crippen molar-refractivity contribution in [1.29, 1.82) is 0 Å². The second-order valence-electron chi connectivity index (χ2n) is 7.15. The lowest BCUT2D eigenvalue weighted by Gasteiger charge is -2.12. The Balaban J connectivity index is 1.75. The van der Waals surface area contributed by atoms with Crippen LogP contribution in [0.4, 0.5) is 15.9 Å². The van der Waals surface area contributed by atoms with Crippen LogP contribution in [0.15, 0.2) is 85.3 Å². The van der Waals surface area contributed by atoms with Crippen LogP contribution in [-0.2, 0) is 0 Å². The molecule has 5 aromatic rings. The molecule has 0 saturated heterocycles. The molecule has 0 aliphatic rings. The van der Waals surface area contributed by atoms with Gasteiger partial charge in [0.05, 0.1) is 18.2 Å². The number of anilines is 2. The summed E-state index contributed by atoms with van der Waals surface area (Å²) >= 11 is 6.22. The third-order valence-corrected chi connectivity index (χ3v) is 5.42. The van der Waals surface area contributed by atoms with Gasteiger partial charge in [-0.15, -0.1) is 0 Å². The SMILES string of the molecule is COc1ccc(Cl)cc1Nc1ncnc2c1c(-c1ccccc1)cn2-c1ccc(F)cc1. The maximum atomic E-state index is 13.5. The molecule has 0 spiro atoms. The Kier molecular flexibility index (Phi) is 5.21. The summed E-state index contributed by atoms with van der Waals surface area (Å²) in [5.74, 6) is 0.953. The third kappa shape index (κ3) is 3.65. The highest BCUT2D eigenvalue weighted by molar-refractivity contribution is 6.31. The molecule has 2 aromatic heterocycles. The molecule has 0 bridgehead atoms. The van der Waals surface area contributed by atoms with E-state index in [-0.39, 0.29) is 5.82 Å². The van der Waals surface area contributed by atoms with Crippen molar-refractivity contribution >= 4 is 34.1 Å². The molecule has 0 fully saturated rings. The van der Waals surface area contributed by atoms with Crippen molar-refractivity contribution in [3.8, 4) is 22.6 Å². The molecule has 32 heavy (non-hydrogen) atoms. The molecule has 158 valence electrons. The largest absolute Gasteiger partial charge is 0.495 e. The first-order valence-corrected chi connectivity index (χ1v) is 10.3. The Morgan fingerprint density at radius 2 is 1.75 bits per heavy atom. The fourth-order valence-corrected chi connectivity index (χ4v) is 3.87. The Hall–Kier alpha value is -3.90. The fraction of sp³-hybridized carbons (Fsp3) is 0.0400. The summed E-state index contributed by atoms with van der Waals surface area (Å²) in [5.41, 5.74) is 4.12. The number of halogens is 2. The monoisotopic (exact) mass is 444 g/mol. The van der Waals surface area contributed by atoms with Crippen LogP contribution in [0, 0.1) is 5.82 Å². The van der Waals surface area contributed by atoms with Gasteiger partial charge in [0, 0.05) is 22.5 Å². The van der Waals surface area contributed by atoms with Crippen LogP contribution < -0.4 is 10.1 Å². The summed E-state index contributed by atoms with van der Waals surface area (Å²) in [4.78, 5) is 9.07. The summed E-state index contributed by atoms with van der Waals surface area (Å²) in [7, 11) is 1.60. The number of ether oxygens (including phenoxy) is 1. The first-order chi connectivity index (χ1) is 15.6. The molecule has 1 N–H and O–H groups in total. The van der Waals surface area contributed by atoms with Gasteiger partial charge in [0.2, 0.25) is 0 Å². The molecule has 0 unspecified atom stereocenters. The number of nitrogens with zero attached hydrogens (tertiary/aromatic N) is 3. The number of fused-ring (bicyclic) bond motifs is 1. The molecular formula is C25H18ClFN4O. The lowest BCUT2D eigenvalue weighted by atomic mass is 10.1. The first-order valence-electron chi connectivity index (χ1n) is 9.92. The van der Waals surface area contributed by atoms with Crippen molar-refractivity contribution in [2.45, 2.75) is 0 Å². The maximum Gasteiger partial charge on any atom is 0.150 e. The topological polar surface area (TPSA) is 52.0 Å². The predicted molar refractivity (Wildman–Crippen MR) is 126 cm³/mol. The Bertz CT molecular complexity index is 1400. The van der Waals surface area contributed by atoms with Gasteiger partial charge in [-0.25, -0.2) is 14.4 Å². The third-order valence-electron chi connectivity index (χ3n) is 5.19. The van der Waals surface area contributed by atoms with Crippen molar-refractivity contribution in [2.75, 3.05) is 12.4 Å². The second kappa shape index (κ2) is 8.32. The molecule has 0 radical (unpaired) electrons. The molecule has 0 saturated carbocycles. The number of methoxy groups -OCH3 is 1. The molecule has 0 atom stereocenters. The van der Waals surface area contributed by atoms with Crippen LogP contribution in [0.2, 0.25) is 5.02 Å². The predicted octanol–water partition coefficient (Wildman–Crippen LogP) is 6.63. The molecule has 0 amide bonds. The van der Waals surface area contributed by atoms with Crippen LogP contribution in [0.5, 0.6) is 5.75 Å². The molecule has 5 nitrogen and oxygen atoms in total. The highest BCUT2D eigenvalue weighted by Crippen LogP contribution is 2.38. The zero-order valence-corrected chi connectivity index (χ0v) is 17.8. The maximum absolute atomic E-state index is 13.5. The number of aromatic nitrogens is 3. The zero-order chi connectivity index (χ0) is 22.1. The van der Waals surface area contributed by atoms with E-state index in [1.807, 2.05) is 41.1 Å². The minimum absolute atomic E-state index is 0.293. The van der Waals surface area contributed by atoms with Gasteiger partial charge < -0.3 is 14.6 Å². The van der Waals surface area contributed by atoms with E-state index in [9.17, 15) is 4.39 Å². The normalized spacial score (nSPS) is 11.0. The second-order valence-corrected chi connectivity index (χ2v) is 7.58. The van der Waals surface area contributed by atoms with Crippen molar-refractivity contribution in [3.63, 3.8) is 0 Å². The van der Waals surface area contributed by atoms with E-state index in [1.165, 1.54) is 18.5 Å². The molecule has 3 aromatic carbocycles. The van der Waals surface area contributed by atoms with Gasteiger partial charge in [-0.3, -0.25) is 0 Å². The number of nitrogens with one attached hydrogen (secondary N) is 1. The van der Waals surface area contributed by atoms with Gasteiger partial charge in [0.15, 0.2) is 5.65 Å². The highest BCUT2D eigenvalue weighted by Gasteiger charge is 2.18. The lowest BCUT2D eigenvalue weighted by Crippen LogP contribution is -2.00. The number of hydrogen-bond donors (Lipinski definition) is 1. The number of rotatable bonds is 5. The highest BCUT2D eigenvalue weighted by atomic mass is 35.5. The Labute approximate surface area is 189 Å². The minimum atomic E-state index is -0.293. The quantitative estimate of drug-likeness (QED) is 0.330. The molecule has 0 aliphatic heterocycles. The first kappa shape index (κ1) is 20.0. The summed E-state index contributed by atoms with van der Waals surface area (Å²) in [6.07, 6.45) is 3.48. The Morgan fingerprint density at radius 3 is 2.50 bits per heavy atom. The summed E-state index contributed by atoms with van der Waals surface area (Å²) < 4.78 is 20.9. The van der Waals surface area contributed by atoms with Gasteiger partial charge in [-0.05, 0) is 48.0 Å². The van der Waals surface area contributed by atoms with E-state index < -0.39 is 0 Å². The van der Waals surface area contributed by atoms with Gasteiger partial charge in [-0.2, -0.15) is 0 Å². The summed E-state index contributed by atoms with van der Waals surface area (Å²) in [6.45, 7) is 0. The average Bonchev–Trinajstić information content (AvgIpc) is 3.21. The van der Waals surface area contributed by atoms with Crippen molar-refractivity contribution in [1.82, 2.24) is 14.5 Å². The molecule has 0 aliphatic carbocycles. The van der Waals surface area contributed by atoms with Crippen LogP contribution in [0.25, 0.3) is 27.8 Å². The van der Waals surface area contributed by atoms with Crippen LogP contribution in [-0.4, -0.2) is 21.6 Å². The molecular weight excluding hydrogens is 427 g/mol. The van der Waals surface area contributed by atoms with Gasteiger partial charge in [-0.1, -0.05) is 41.9 Å². The lowest BCUT2D eigenvalue weighted by molar-refractivity contribution is 0.417. The van der Waals surface area contributed by atoms with Crippen molar-refractivity contribution < 1.29 is 9.13 Å². The summed E-state index contributed by atoms with van der Waals surface area (Å²) in [6, 6.07) is 21.6. The standard InChI is InChI=1S/C25H18ClFN4O/c1-32-22-12-7-17(26)13-21(22)30-24-23-20(16-5-3-2-4-6-16)14-31(25(23)29-15-28-24)19-10-8-18(27)9-11-19/h2-15H,1H3,(H,28,29,30). The molecule has 5 rings (SSSR count). The van der Waals surface area contributed by atoms with Gasteiger partial charge >= 0.3 is 0 Å². The molecule has 2 heterocycles. The van der Waals surface area contributed by atoms with E-state index in [0.717, 1.165) is 22.2 Å². The number of hydrogen-bond acceptors (Lipinski definition) is 4. The van der Waals surface area contributed by atoms with Crippen LogP contribution >= 0.6 is 11.6 Å². The average molecular weight is 445 g/mol. The van der Waals surface area contributed by atoms with Crippen LogP contribution in [0.1, 0.15) is 0 Å². The molecule has 7 heteroatoms. The summed E-state index contributed by atoms with van der Waals surface area (Å²) in [5, 5.41) is 4.76. The van der Waals surface area contributed by atoms with E-state index >= 15 is 0 Å². The van der Waals surface area contributed by atoms with E-state index in [2.05, 4.69) is 15.3 Å². The van der Waals surface area contributed by atoms with E-state index in [1.54, 1.807) is 37.4 Å². The fourth-order valence-electron chi connectivity index (χ4n) is 3.70. The Morgan fingerprint density at radius 1 is 0.969 bits per heavy atom. The van der Waals surface area contributed by atoms with Crippen molar-refractivity contribution in [2.24, 2.45) is 0 Å². The van der Waals surface area contributed by atoms with Crippen molar-refractivity contribution in [3.05, 3.63) is 96.2 Å². The van der Waals surface area contributed by atoms with Crippen LogP contribution in [0.3, 0.4) is 0 Å². The smallest absolute Gasteiger partial charge is 0.150 e. The van der Waals surface area contributed by atoms with Gasteiger partial charge in [0.25, 0.3) is 0 Å². The van der Waals surface area contributed by atoms with E-state index in [0.29, 0.717) is 27.9 Å².